The molecule has 0 radical (unpaired) electrons. The van der Waals surface area contributed by atoms with E-state index in [1.807, 2.05) is 34.7 Å². The molecule has 2 N–H and O–H groups in total. The van der Waals surface area contributed by atoms with E-state index in [4.69, 9.17) is 0 Å². The van der Waals surface area contributed by atoms with Crippen LogP contribution >= 0.6 is 0 Å². The van der Waals surface area contributed by atoms with Crippen LogP contribution in [0.2, 0.25) is 0 Å². The van der Waals surface area contributed by atoms with Crippen molar-refractivity contribution >= 4 is 0 Å². The van der Waals surface area contributed by atoms with Crippen LogP contribution in [0.5, 0.6) is 0 Å². The maximum atomic E-state index is 3.64. The van der Waals surface area contributed by atoms with Gasteiger partial charge < -0.3 is 20.4 Å². The molecule has 1 atom stereocenters. The van der Waals surface area contributed by atoms with E-state index in [-0.39, 0.29) is 0 Å². The molecule has 1 unspecified atom stereocenters. The van der Waals surface area contributed by atoms with Crippen LogP contribution in [0.25, 0.3) is 0 Å². The standard InChI is InChI=1S/C8H16N2.C5H11N.C4H11N.2C2H6/c1-10-5-4-8(6-10)9-7-2-3-7;1-6-4-2-3-5-6;1-3-4-5-2;2*1-2/h7-9H,2-6H2,1H3;2-5H2,1H3;5H,3-4H2,1-2H3;2*1-2H3. The van der Waals surface area contributed by atoms with Crippen LogP contribution in [0.3, 0.4) is 0 Å². The van der Waals surface area contributed by atoms with Gasteiger partial charge in [0.1, 0.15) is 0 Å². The van der Waals surface area contributed by atoms with Crippen molar-refractivity contribution in [3.8, 4) is 0 Å². The third-order valence-electron chi connectivity index (χ3n) is 4.27. The Kier molecular flexibility index (Phi) is 21.8. The van der Waals surface area contributed by atoms with E-state index < -0.39 is 0 Å². The van der Waals surface area contributed by atoms with Crippen molar-refractivity contribution in [2.24, 2.45) is 0 Å². The summed E-state index contributed by atoms with van der Waals surface area (Å²) in [5, 5.41) is 6.66. The van der Waals surface area contributed by atoms with Gasteiger partial charge in [0.15, 0.2) is 0 Å². The number of hydrogen-bond donors (Lipinski definition) is 2. The number of nitrogens with one attached hydrogen (secondary N) is 2. The Morgan fingerprint density at radius 3 is 1.60 bits per heavy atom. The fourth-order valence-electron chi connectivity index (χ4n) is 2.78. The molecular weight excluding hydrogens is 308 g/mol. The summed E-state index contributed by atoms with van der Waals surface area (Å²) in [7, 11) is 6.34. The monoisotopic (exact) mass is 358 g/mol. The molecule has 4 heteroatoms. The van der Waals surface area contributed by atoms with Crippen LogP contribution in [0, 0.1) is 0 Å². The molecule has 0 amide bonds. The second-order valence-electron chi connectivity index (χ2n) is 6.80. The quantitative estimate of drug-likeness (QED) is 0.800. The Balaban J connectivity index is 0. The Morgan fingerprint density at radius 2 is 1.36 bits per heavy atom. The smallest absolute Gasteiger partial charge is 0.0209 e. The molecule has 1 aliphatic carbocycles. The molecule has 3 aliphatic rings. The second-order valence-corrected chi connectivity index (χ2v) is 6.80. The van der Waals surface area contributed by atoms with E-state index in [9.17, 15) is 0 Å². The van der Waals surface area contributed by atoms with Crippen LogP contribution in [0.1, 0.15) is 73.1 Å². The van der Waals surface area contributed by atoms with Gasteiger partial charge in [-0.05, 0) is 85.8 Å². The zero-order valence-corrected chi connectivity index (χ0v) is 18.8. The van der Waals surface area contributed by atoms with Gasteiger partial charge in [0.2, 0.25) is 0 Å². The minimum absolute atomic E-state index is 0.803. The number of rotatable bonds is 4. The summed E-state index contributed by atoms with van der Waals surface area (Å²) < 4.78 is 0. The largest absolute Gasteiger partial charge is 0.320 e. The molecule has 3 fully saturated rings. The number of nitrogens with zero attached hydrogens (tertiary/aromatic N) is 2. The van der Waals surface area contributed by atoms with E-state index >= 15 is 0 Å². The first-order valence-corrected chi connectivity index (χ1v) is 10.9. The van der Waals surface area contributed by atoms with Gasteiger partial charge in [0, 0.05) is 18.6 Å². The molecule has 1 saturated carbocycles. The van der Waals surface area contributed by atoms with Gasteiger partial charge in [-0.2, -0.15) is 0 Å². The maximum absolute atomic E-state index is 3.64. The lowest BCUT2D eigenvalue weighted by molar-refractivity contribution is 0.397. The molecule has 2 saturated heterocycles. The van der Waals surface area contributed by atoms with E-state index in [0.29, 0.717) is 0 Å². The number of likely N-dealkylation sites (tertiary alicyclic amines) is 2. The van der Waals surface area contributed by atoms with E-state index in [2.05, 4.69) is 41.5 Å². The molecule has 3 rings (SSSR count). The van der Waals surface area contributed by atoms with Crippen molar-refractivity contribution in [1.29, 1.82) is 0 Å². The van der Waals surface area contributed by atoms with Crippen molar-refractivity contribution in [2.45, 2.75) is 85.2 Å². The lowest BCUT2D eigenvalue weighted by atomic mass is 10.2. The van der Waals surface area contributed by atoms with Crippen LogP contribution in [-0.4, -0.2) is 75.8 Å². The Bertz CT molecular complexity index is 236. The predicted molar refractivity (Wildman–Crippen MR) is 116 cm³/mol. The molecule has 0 bridgehead atoms. The first-order valence-electron chi connectivity index (χ1n) is 10.9. The zero-order valence-electron chi connectivity index (χ0n) is 18.8. The topological polar surface area (TPSA) is 30.5 Å². The molecule has 154 valence electrons. The predicted octanol–water partition coefficient (Wildman–Crippen LogP) is 3.82. The van der Waals surface area contributed by atoms with Gasteiger partial charge in [-0.25, -0.2) is 0 Å². The van der Waals surface area contributed by atoms with E-state index in [1.54, 1.807) is 0 Å². The normalized spacial score (nSPS) is 22.3. The third kappa shape index (κ3) is 18.4. The van der Waals surface area contributed by atoms with Gasteiger partial charge >= 0.3 is 0 Å². The molecular formula is C21H50N4. The van der Waals surface area contributed by atoms with Crippen molar-refractivity contribution in [3.05, 3.63) is 0 Å². The highest BCUT2D eigenvalue weighted by Gasteiger charge is 2.27. The van der Waals surface area contributed by atoms with E-state index in [1.165, 1.54) is 64.7 Å². The summed E-state index contributed by atoms with van der Waals surface area (Å²) in [5.74, 6) is 0. The Hall–Kier alpha value is -0.160. The summed E-state index contributed by atoms with van der Waals surface area (Å²) >= 11 is 0. The number of likely N-dealkylation sites (N-methyl/N-ethyl adjacent to an activating group) is 1. The summed E-state index contributed by atoms with van der Waals surface area (Å²) in [6.07, 6.45) is 8.25. The number of hydrogen-bond acceptors (Lipinski definition) is 4. The SMILES string of the molecule is CC.CC.CCCNC.CN1CCC(NC2CC2)C1.CN1CCCC1. The fourth-order valence-corrected chi connectivity index (χ4v) is 2.78. The van der Waals surface area contributed by atoms with Gasteiger partial charge in [-0.15, -0.1) is 0 Å². The third-order valence-corrected chi connectivity index (χ3v) is 4.27. The highest BCUT2D eigenvalue weighted by molar-refractivity contribution is 4.88. The first-order chi connectivity index (χ1) is 12.2. The fraction of sp³-hybridized carbons (Fsp3) is 1.00. The lowest BCUT2D eigenvalue weighted by Gasteiger charge is -2.10. The zero-order chi connectivity index (χ0) is 19.5. The summed E-state index contributed by atoms with van der Waals surface area (Å²) in [5.41, 5.74) is 0. The molecule has 2 heterocycles. The van der Waals surface area contributed by atoms with Crippen molar-refractivity contribution < 1.29 is 0 Å². The van der Waals surface area contributed by atoms with Gasteiger partial charge in [0.25, 0.3) is 0 Å². The highest BCUT2D eigenvalue weighted by atomic mass is 15.2. The van der Waals surface area contributed by atoms with Gasteiger partial charge in [-0.1, -0.05) is 34.6 Å². The van der Waals surface area contributed by atoms with Crippen LogP contribution in [0.15, 0.2) is 0 Å². The molecule has 0 aromatic heterocycles. The van der Waals surface area contributed by atoms with Crippen molar-refractivity contribution in [2.75, 3.05) is 53.9 Å². The molecule has 4 nitrogen and oxygen atoms in total. The van der Waals surface area contributed by atoms with Crippen LogP contribution in [-0.2, 0) is 0 Å². The van der Waals surface area contributed by atoms with Crippen LogP contribution in [0.4, 0.5) is 0 Å². The maximum Gasteiger partial charge on any atom is 0.0209 e. The highest BCUT2D eigenvalue weighted by Crippen LogP contribution is 2.21. The second kappa shape index (κ2) is 20.2. The molecule has 25 heavy (non-hydrogen) atoms. The Labute approximate surface area is 160 Å². The lowest BCUT2D eigenvalue weighted by Crippen LogP contribution is -2.32. The first kappa shape index (κ1) is 27.1. The van der Waals surface area contributed by atoms with Crippen molar-refractivity contribution in [1.82, 2.24) is 20.4 Å². The van der Waals surface area contributed by atoms with Gasteiger partial charge in [-0.3, -0.25) is 0 Å². The van der Waals surface area contributed by atoms with E-state index in [0.717, 1.165) is 18.6 Å². The average Bonchev–Trinajstić information content (AvgIpc) is 3.16. The minimum Gasteiger partial charge on any atom is -0.320 e. The molecule has 2 aliphatic heterocycles. The molecule has 0 spiro atoms. The summed E-state index contributed by atoms with van der Waals surface area (Å²) in [4.78, 5) is 4.76. The molecule has 0 aromatic rings. The van der Waals surface area contributed by atoms with Crippen molar-refractivity contribution in [3.63, 3.8) is 0 Å². The summed E-state index contributed by atoms with van der Waals surface area (Å²) in [6.45, 7) is 16.5. The Morgan fingerprint density at radius 1 is 0.800 bits per heavy atom. The molecule has 0 aromatic carbocycles. The summed E-state index contributed by atoms with van der Waals surface area (Å²) in [6, 6.07) is 1.69. The minimum atomic E-state index is 0.803. The average molecular weight is 359 g/mol. The van der Waals surface area contributed by atoms with Crippen LogP contribution < -0.4 is 10.6 Å². The van der Waals surface area contributed by atoms with Gasteiger partial charge in [0.05, 0.1) is 0 Å².